The maximum Gasteiger partial charge on any atom is 0.0291 e. The summed E-state index contributed by atoms with van der Waals surface area (Å²) in [5.41, 5.74) is 1.20. The lowest BCUT2D eigenvalue weighted by molar-refractivity contribution is 1.48. The molecule has 0 aliphatic rings. The van der Waals surface area contributed by atoms with Crippen LogP contribution in [0.3, 0.4) is 0 Å². The summed E-state index contributed by atoms with van der Waals surface area (Å²) in [6.07, 6.45) is 0. The first-order valence-electron chi connectivity index (χ1n) is 4.66. The van der Waals surface area contributed by atoms with Gasteiger partial charge in [0.15, 0.2) is 0 Å². The van der Waals surface area contributed by atoms with Gasteiger partial charge in [-0.15, -0.1) is 0 Å². The number of benzene rings is 1. The number of thioether (sulfide) groups is 1. The molecule has 0 saturated carbocycles. The molecule has 0 N–H and O–H groups in total. The average molecular weight is 278 g/mol. The maximum absolute atomic E-state index is 5.49. The molecule has 0 aliphatic carbocycles. The van der Waals surface area contributed by atoms with Crippen molar-refractivity contribution in [2.24, 2.45) is 0 Å². The minimum absolute atomic E-state index is 0.636. The Labute approximate surface area is 103 Å². The van der Waals surface area contributed by atoms with Gasteiger partial charge in [0.1, 0.15) is 0 Å². The van der Waals surface area contributed by atoms with E-state index >= 15 is 0 Å². The Bertz CT molecular complexity index is 279. The fourth-order valence-electron chi connectivity index (χ4n) is 0.949. The van der Waals surface area contributed by atoms with Crippen molar-refractivity contribution >= 4 is 51.1 Å². The zero-order valence-corrected chi connectivity index (χ0v) is 13.7. The summed E-state index contributed by atoms with van der Waals surface area (Å²) in [4.78, 5) is 1.34. The molecule has 0 spiro atoms. The smallest absolute Gasteiger partial charge is 0.0291 e. The summed E-state index contributed by atoms with van der Waals surface area (Å²) in [5, 5.41) is 0. The molecule has 0 nitrogen and oxygen atoms in total. The highest BCUT2D eigenvalue weighted by Gasteiger charge is 1.97. The monoisotopic (exact) mass is 278 g/mol. The SMILES string of the molecule is [SiH3]CCSC[PH](=S)Sc1ccccc1. The Morgan fingerprint density at radius 2 is 2.00 bits per heavy atom. The fraction of sp³-hybridized carbons (Fsp3) is 0.333. The topological polar surface area (TPSA) is 0 Å². The van der Waals surface area contributed by atoms with Gasteiger partial charge in [0.05, 0.1) is 0 Å². The van der Waals surface area contributed by atoms with E-state index in [0.717, 1.165) is 0 Å². The van der Waals surface area contributed by atoms with Crippen LogP contribution in [0.4, 0.5) is 0 Å². The first-order valence-corrected chi connectivity index (χ1v) is 11.6. The van der Waals surface area contributed by atoms with Gasteiger partial charge >= 0.3 is 0 Å². The van der Waals surface area contributed by atoms with Gasteiger partial charge in [-0.25, -0.2) is 0 Å². The van der Waals surface area contributed by atoms with Crippen LogP contribution < -0.4 is 0 Å². The Kier molecular flexibility index (Phi) is 7.34. The Morgan fingerprint density at radius 3 is 2.64 bits per heavy atom. The fourth-order valence-corrected chi connectivity index (χ4v) is 8.23. The largest absolute Gasteiger partial charge is 0.156 e. The highest BCUT2D eigenvalue weighted by Crippen LogP contribution is 2.46. The molecule has 0 saturated heterocycles. The van der Waals surface area contributed by atoms with E-state index in [4.69, 9.17) is 11.8 Å². The van der Waals surface area contributed by atoms with E-state index in [-0.39, 0.29) is 0 Å². The standard InChI is InChI=1S/C9H15PS3Si/c11-10(8-12-6-7-14)13-9-4-2-1-3-5-9/h1-5,10H,6-8H2,14H3. The van der Waals surface area contributed by atoms with Gasteiger partial charge in [-0.3, -0.25) is 0 Å². The van der Waals surface area contributed by atoms with Crippen LogP contribution in [0.2, 0.25) is 6.04 Å². The molecule has 0 aromatic heterocycles. The minimum atomic E-state index is -0.636. The van der Waals surface area contributed by atoms with E-state index in [1.807, 2.05) is 23.1 Å². The number of hydrogen-bond donors (Lipinski definition) is 0. The second kappa shape index (κ2) is 8.00. The molecule has 1 aromatic rings. The number of hydrogen-bond acceptors (Lipinski definition) is 3. The van der Waals surface area contributed by atoms with E-state index in [2.05, 4.69) is 30.3 Å². The van der Waals surface area contributed by atoms with Gasteiger partial charge in [0, 0.05) is 26.5 Å². The average Bonchev–Trinajstić information content (AvgIpc) is 2.20. The lowest BCUT2D eigenvalue weighted by Crippen LogP contribution is -1.76. The summed E-state index contributed by atoms with van der Waals surface area (Å²) in [5.74, 6) is 0.676. The zero-order chi connectivity index (χ0) is 10.2. The first kappa shape index (κ1) is 12.9. The lowest BCUT2D eigenvalue weighted by Gasteiger charge is -2.03. The van der Waals surface area contributed by atoms with Crippen LogP contribution in [0.25, 0.3) is 0 Å². The predicted molar refractivity (Wildman–Crippen MR) is 80.1 cm³/mol. The third-order valence-corrected chi connectivity index (χ3v) is 10.2. The van der Waals surface area contributed by atoms with Gasteiger partial charge in [-0.05, 0) is 17.9 Å². The van der Waals surface area contributed by atoms with Crippen molar-refractivity contribution in [2.45, 2.75) is 10.9 Å². The molecule has 78 valence electrons. The second-order valence-electron chi connectivity index (χ2n) is 2.84. The van der Waals surface area contributed by atoms with E-state index in [0.29, 0.717) is 0 Å². The lowest BCUT2D eigenvalue weighted by atomic mass is 10.4. The summed E-state index contributed by atoms with van der Waals surface area (Å²) in [6.45, 7) is 0. The maximum atomic E-state index is 5.49. The predicted octanol–water partition coefficient (Wildman–Crippen LogP) is 2.84. The molecular formula is C9H15PS3Si. The molecule has 1 rings (SSSR count). The van der Waals surface area contributed by atoms with Crippen molar-refractivity contribution in [2.75, 3.05) is 11.2 Å². The van der Waals surface area contributed by atoms with Crippen molar-refractivity contribution < 1.29 is 0 Å². The van der Waals surface area contributed by atoms with Crippen molar-refractivity contribution in [3.63, 3.8) is 0 Å². The van der Waals surface area contributed by atoms with Crippen LogP contribution >= 0.6 is 29.0 Å². The second-order valence-corrected chi connectivity index (χ2v) is 11.6. The van der Waals surface area contributed by atoms with Gasteiger partial charge in [-0.1, -0.05) is 47.4 Å². The van der Waals surface area contributed by atoms with Crippen LogP contribution in [0.1, 0.15) is 0 Å². The summed E-state index contributed by atoms with van der Waals surface area (Å²) >= 11 is 9.42. The quantitative estimate of drug-likeness (QED) is 0.446. The molecule has 0 aliphatic heterocycles. The van der Waals surface area contributed by atoms with E-state index in [1.54, 1.807) is 0 Å². The van der Waals surface area contributed by atoms with Gasteiger partial charge in [0.2, 0.25) is 0 Å². The van der Waals surface area contributed by atoms with Crippen molar-refractivity contribution in [3.8, 4) is 0 Å². The van der Waals surface area contributed by atoms with Crippen LogP contribution in [-0.2, 0) is 11.8 Å². The third kappa shape index (κ3) is 5.62. The molecule has 1 atom stereocenters. The van der Waals surface area contributed by atoms with Crippen molar-refractivity contribution in [1.29, 1.82) is 0 Å². The zero-order valence-electron chi connectivity index (χ0n) is 8.23. The van der Waals surface area contributed by atoms with Crippen LogP contribution in [0.5, 0.6) is 0 Å². The molecule has 0 heterocycles. The minimum Gasteiger partial charge on any atom is -0.156 e. The molecule has 0 radical (unpaired) electrons. The highest BCUT2D eigenvalue weighted by atomic mass is 32.9. The van der Waals surface area contributed by atoms with Gasteiger partial charge < -0.3 is 0 Å². The van der Waals surface area contributed by atoms with Crippen LogP contribution in [0, 0.1) is 0 Å². The molecule has 1 unspecified atom stereocenters. The summed E-state index contributed by atoms with van der Waals surface area (Å²) in [7, 11) is 1.33. The van der Waals surface area contributed by atoms with E-state index in [9.17, 15) is 0 Å². The van der Waals surface area contributed by atoms with Crippen molar-refractivity contribution in [1.82, 2.24) is 0 Å². The van der Waals surface area contributed by atoms with Gasteiger partial charge in [-0.2, -0.15) is 11.8 Å². The molecule has 5 heteroatoms. The summed E-state index contributed by atoms with van der Waals surface area (Å²) < 4.78 is 0. The Hall–Kier alpha value is 0.787. The first-order chi connectivity index (χ1) is 6.83. The van der Waals surface area contributed by atoms with Crippen molar-refractivity contribution in [3.05, 3.63) is 30.3 Å². The molecule has 0 fully saturated rings. The summed E-state index contributed by atoms with van der Waals surface area (Å²) in [6, 6.07) is 11.9. The normalized spacial score (nSPS) is 12.9. The molecule has 1 aromatic carbocycles. The molecular weight excluding hydrogens is 263 g/mol. The Morgan fingerprint density at radius 1 is 1.29 bits per heavy atom. The van der Waals surface area contributed by atoms with Gasteiger partial charge in [0.25, 0.3) is 0 Å². The van der Waals surface area contributed by atoms with Crippen LogP contribution in [0.15, 0.2) is 35.2 Å². The highest BCUT2D eigenvalue weighted by molar-refractivity contribution is 8.65. The Balaban J connectivity index is 2.27. The van der Waals surface area contributed by atoms with Crippen LogP contribution in [-0.4, -0.2) is 21.5 Å². The molecule has 14 heavy (non-hydrogen) atoms. The third-order valence-electron chi connectivity index (χ3n) is 1.54. The van der Waals surface area contributed by atoms with E-state index < -0.39 is 5.90 Å². The number of rotatable bonds is 6. The van der Waals surface area contributed by atoms with E-state index in [1.165, 1.54) is 32.4 Å². The molecule has 0 bridgehead atoms. The molecule has 0 amide bonds.